The van der Waals surface area contributed by atoms with Crippen LogP contribution in [0, 0.1) is 0 Å². The molecule has 0 N–H and O–H groups in total. The second-order valence-electron chi connectivity index (χ2n) is 6.37. The lowest BCUT2D eigenvalue weighted by atomic mass is 10.1. The van der Waals surface area contributed by atoms with Gasteiger partial charge < -0.3 is 4.74 Å². The number of Topliss-reactive ketones (excluding diaryl/α,β-unsaturated/α-hetero) is 3. The molecule has 2 aromatic carbocycles. The highest BCUT2D eigenvalue weighted by Gasteiger charge is 2.21. The first-order valence-corrected chi connectivity index (χ1v) is 9.73. The van der Waals surface area contributed by atoms with Crippen molar-refractivity contribution in [1.82, 2.24) is 0 Å². The molecule has 0 saturated carbocycles. The molecule has 0 saturated heterocycles. The van der Waals surface area contributed by atoms with Gasteiger partial charge in [0, 0.05) is 11.8 Å². The van der Waals surface area contributed by atoms with Crippen molar-refractivity contribution < 1.29 is 19.1 Å². The Labute approximate surface area is 167 Å². The summed E-state index contributed by atoms with van der Waals surface area (Å²) in [5, 5.41) is 0. The summed E-state index contributed by atoms with van der Waals surface area (Å²) >= 11 is 1.29. The monoisotopic (exact) mass is 392 g/mol. The standard InChI is InChI=1S/C23H20O4S/c1-16(24)19(25)14-20(26)21-12-13-22(28-21)23(18-10-6-3-7-11-18)27-15-17-8-4-2-5-9-17/h2-13,23H,14-15H2,1H3. The van der Waals surface area contributed by atoms with Crippen LogP contribution in [0.3, 0.4) is 0 Å². The fourth-order valence-electron chi connectivity index (χ4n) is 2.73. The predicted octanol–water partition coefficient (Wildman–Crippen LogP) is 4.79. The van der Waals surface area contributed by atoms with Gasteiger partial charge in [-0.1, -0.05) is 60.7 Å². The highest BCUT2D eigenvalue weighted by molar-refractivity contribution is 7.14. The number of benzene rings is 2. The van der Waals surface area contributed by atoms with E-state index in [1.54, 1.807) is 6.07 Å². The lowest BCUT2D eigenvalue weighted by Crippen LogP contribution is -2.14. The van der Waals surface area contributed by atoms with Gasteiger partial charge in [-0.15, -0.1) is 11.3 Å². The van der Waals surface area contributed by atoms with Crippen LogP contribution in [0.1, 0.15) is 45.1 Å². The van der Waals surface area contributed by atoms with Crippen molar-refractivity contribution in [2.75, 3.05) is 0 Å². The average molecular weight is 392 g/mol. The van der Waals surface area contributed by atoms with Crippen molar-refractivity contribution in [2.24, 2.45) is 0 Å². The molecule has 4 nitrogen and oxygen atoms in total. The van der Waals surface area contributed by atoms with E-state index in [2.05, 4.69) is 0 Å². The molecule has 28 heavy (non-hydrogen) atoms. The molecule has 1 aromatic heterocycles. The minimum atomic E-state index is -0.667. The van der Waals surface area contributed by atoms with E-state index in [-0.39, 0.29) is 11.9 Å². The van der Waals surface area contributed by atoms with Crippen molar-refractivity contribution in [1.29, 1.82) is 0 Å². The van der Waals surface area contributed by atoms with Crippen molar-refractivity contribution in [3.8, 4) is 0 Å². The van der Waals surface area contributed by atoms with Gasteiger partial charge >= 0.3 is 0 Å². The third-order valence-electron chi connectivity index (χ3n) is 4.24. The maximum Gasteiger partial charge on any atom is 0.205 e. The molecule has 0 aliphatic heterocycles. The molecule has 1 unspecified atom stereocenters. The first-order valence-electron chi connectivity index (χ1n) is 8.92. The normalized spacial score (nSPS) is 11.8. The van der Waals surface area contributed by atoms with E-state index in [0.29, 0.717) is 11.5 Å². The second kappa shape index (κ2) is 9.35. The van der Waals surface area contributed by atoms with E-state index in [1.807, 2.05) is 66.7 Å². The number of ether oxygens (including phenoxy) is 1. The number of thiophene rings is 1. The molecule has 0 bridgehead atoms. The van der Waals surface area contributed by atoms with E-state index in [0.717, 1.165) is 16.0 Å². The topological polar surface area (TPSA) is 60.4 Å². The molecule has 0 fully saturated rings. The molecule has 1 heterocycles. The molecular formula is C23H20O4S. The third kappa shape index (κ3) is 5.09. The Morgan fingerprint density at radius 1 is 0.893 bits per heavy atom. The van der Waals surface area contributed by atoms with E-state index < -0.39 is 18.0 Å². The fourth-order valence-corrected chi connectivity index (χ4v) is 3.75. The molecule has 3 aromatic rings. The Morgan fingerprint density at radius 2 is 1.54 bits per heavy atom. The average Bonchev–Trinajstić information content (AvgIpc) is 3.20. The summed E-state index contributed by atoms with van der Waals surface area (Å²) < 4.78 is 6.19. The van der Waals surface area contributed by atoms with E-state index >= 15 is 0 Å². The summed E-state index contributed by atoms with van der Waals surface area (Å²) in [5.74, 6) is -1.61. The number of hydrogen-bond donors (Lipinski definition) is 0. The molecule has 3 rings (SSSR count). The van der Waals surface area contributed by atoms with E-state index in [4.69, 9.17) is 4.74 Å². The van der Waals surface area contributed by atoms with Crippen LogP contribution in [0.25, 0.3) is 0 Å². The maximum atomic E-state index is 12.3. The highest BCUT2D eigenvalue weighted by atomic mass is 32.1. The van der Waals surface area contributed by atoms with Gasteiger partial charge in [0.25, 0.3) is 0 Å². The first kappa shape index (κ1) is 19.9. The van der Waals surface area contributed by atoms with Crippen LogP contribution in [0.4, 0.5) is 0 Å². The summed E-state index contributed by atoms with van der Waals surface area (Å²) in [6.45, 7) is 1.61. The summed E-state index contributed by atoms with van der Waals surface area (Å²) in [6, 6.07) is 23.2. The summed E-state index contributed by atoms with van der Waals surface area (Å²) in [6.07, 6.45) is -0.715. The van der Waals surface area contributed by atoms with Crippen LogP contribution >= 0.6 is 11.3 Å². The number of ketones is 3. The van der Waals surface area contributed by atoms with Crippen LogP contribution in [0.2, 0.25) is 0 Å². The number of hydrogen-bond acceptors (Lipinski definition) is 5. The van der Waals surface area contributed by atoms with Gasteiger partial charge in [-0.05, 0) is 23.3 Å². The molecule has 0 radical (unpaired) electrons. The van der Waals surface area contributed by atoms with Gasteiger partial charge in [0.2, 0.25) is 5.78 Å². The molecular weight excluding hydrogens is 372 g/mol. The molecule has 1 atom stereocenters. The fraction of sp³-hybridized carbons (Fsp3) is 0.174. The first-order chi connectivity index (χ1) is 13.5. The van der Waals surface area contributed by atoms with Crippen molar-refractivity contribution >= 4 is 28.7 Å². The van der Waals surface area contributed by atoms with Crippen LogP contribution in [-0.2, 0) is 20.9 Å². The van der Waals surface area contributed by atoms with Gasteiger partial charge in [0.1, 0.15) is 6.10 Å². The molecule has 0 spiro atoms. The third-order valence-corrected chi connectivity index (χ3v) is 5.41. The highest BCUT2D eigenvalue weighted by Crippen LogP contribution is 2.33. The van der Waals surface area contributed by atoms with Crippen molar-refractivity contribution in [3.05, 3.63) is 93.7 Å². The van der Waals surface area contributed by atoms with Crippen LogP contribution in [0.15, 0.2) is 72.8 Å². The molecule has 0 aliphatic rings. The smallest absolute Gasteiger partial charge is 0.205 e. The van der Waals surface area contributed by atoms with Crippen LogP contribution in [0.5, 0.6) is 0 Å². The summed E-state index contributed by atoms with van der Waals surface area (Å²) in [7, 11) is 0. The SMILES string of the molecule is CC(=O)C(=O)CC(=O)c1ccc(C(OCc2ccccc2)c2ccccc2)s1. The Bertz CT molecular complexity index is 961. The zero-order valence-electron chi connectivity index (χ0n) is 15.5. The zero-order chi connectivity index (χ0) is 19.9. The second-order valence-corrected chi connectivity index (χ2v) is 7.48. The molecule has 0 amide bonds. The van der Waals surface area contributed by atoms with E-state index in [1.165, 1.54) is 18.3 Å². The molecule has 0 aliphatic carbocycles. The van der Waals surface area contributed by atoms with Gasteiger partial charge in [0.05, 0.1) is 17.9 Å². The van der Waals surface area contributed by atoms with Crippen LogP contribution < -0.4 is 0 Å². The maximum absolute atomic E-state index is 12.3. The lowest BCUT2D eigenvalue weighted by Gasteiger charge is -2.17. The number of rotatable bonds is 9. The van der Waals surface area contributed by atoms with Crippen molar-refractivity contribution in [2.45, 2.75) is 26.1 Å². The summed E-state index contributed by atoms with van der Waals surface area (Å²) in [5.41, 5.74) is 2.04. The van der Waals surface area contributed by atoms with Gasteiger partial charge in [0.15, 0.2) is 11.6 Å². The quantitative estimate of drug-likeness (QED) is 0.299. The van der Waals surface area contributed by atoms with E-state index in [9.17, 15) is 14.4 Å². The lowest BCUT2D eigenvalue weighted by molar-refractivity contribution is -0.134. The van der Waals surface area contributed by atoms with Gasteiger partial charge in [-0.3, -0.25) is 14.4 Å². The largest absolute Gasteiger partial charge is 0.363 e. The summed E-state index contributed by atoms with van der Waals surface area (Å²) in [4.78, 5) is 36.3. The molecule has 142 valence electrons. The number of carbonyl (C=O) groups is 3. The Hall–Kier alpha value is -2.89. The number of carbonyl (C=O) groups excluding carboxylic acids is 3. The minimum absolute atomic E-state index is 0.323. The molecule has 5 heteroatoms. The van der Waals surface area contributed by atoms with Crippen LogP contribution in [-0.4, -0.2) is 17.3 Å². The van der Waals surface area contributed by atoms with Gasteiger partial charge in [-0.25, -0.2) is 0 Å². The Morgan fingerprint density at radius 3 is 2.18 bits per heavy atom. The predicted molar refractivity (Wildman–Crippen MR) is 108 cm³/mol. The Kier molecular flexibility index (Phi) is 6.63. The van der Waals surface area contributed by atoms with Crippen molar-refractivity contribution in [3.63, 3.8) is 0 Å². The van der Waals surface area contributed by atoms with Gasteiger partial charge in [-0.2, -0.15) is 0 Å². The Balaban J connectivity index is 1.80. The minimum Gasteiger partial charge on any atom is -0.363 e. The zero-order valence-corrected chi connectivity index (χ0v) is 16.3.